The van der Waals surface area contributed by atoms with Crippen LogP contribution in [0.1, 0.15) is 16.1 Å². The Labute approximate surface area is 147 Å². The molecule has 0 atom stereocenters. The highest BCUT2D eigenvalue weighted by Gasteiger charge is 2.06. The molecule has 2 rings (SSSR count). The Hall–Kier alpha value is -1.93. The zero-order valence-electron chi connectivity index (χ0n) is 14.0. The molecule has 1 aromatic heterocycles. The van der Waals surface area contributed by atoms with Crippen molar-refractivity contribution < 1.29 is 8.42 Å². The van der Waals surface area contributed by atoms with Gasteiger partial charge < -0.3 is 10.6 Å². The zero-order valence-corrected chi connectivity index (χ0v) is 15.7. The van der Waals surface area contributed by atoms with Gasteiger partial charge in [0.15, 0.2) is 15.8 Å². The van der Waals surface area contributed by atoms with E-state index in [-0.39, 0.29) is 0 Å². The number of nitrogens with zero attached hydrogens (tertiary/aromatic N) is 2. The molecule has 0 unspecified atom stereocenters. The second-order valence-corrected chi connectivity index (χ2v) is 8.33. The average molecular weight is 367 g/mol. The van der Waals surface area contributed by atoms with E-state index in [2.05, 4.69) is 20.6 Å². The van der Waals surface area contributed by atoms with Crippen molar-refractivity contribution in [3.63, 3.8) is 0 Å². The molecule has 0 saturated carbocycles. The molecule has 8 heteroatoms. The smallest absolute Gasteiger partial charge is 0.191 e. The van der Waals surface area contributed by atoms with Crippen molar-refractivity contribution in [2.24, 2.45) is 4.99 Å². The van der Waals surface area contributed by atoms with Crippen molar-refractivity contribution in [2.75, 3.05) is 19.8 Å². The van der Waals surface area contributed by atoms with Crippen LogP contribution in [0, 0.1) is 6.92 Å². The van der Waals surface area contributed by atoms with Crippen LogP contribution in [-0.4, -0.2) is 39.2 Å². The molecule has 0 amide bonds. The van der Waals surface area contributed by atoms with Gasteiger partial charge in [0.25, 0.3) is 0 Å². The van der Waals surface area contributed by atoms with Crippen molar-refractivity contribution in [2.45, 2.75) is 24.8 Å². The normalized spacial score (nSPS) is 12.2. The fourth-order valence-electron chi connectivity index (χ4n) is 2.11. The largest absolute Gasteiger partial charge is 0.356 e. The third-order valence-corrected chi connectivity index (χ3v) is 5.61. The molecule has 0 aliphatic heterocycles. The number of aromatic nitrogens is 1. The van der Waals surface area contributed by atoms with E-state index in [1.54, 1.807) is 30.5 Å². The average Bonchev–Trinajstić information content (AvgIpc) is 2.95. The molecule has 0 saturated heterocycles. The van der Waals surface area contributed by atoms with Gasteiger partial charge in [0.05, 0.1) is 22.6 Å². The Morgan fingerprint density at radius 3 is 2.50 bits per heavy atom. The number of hydrogen-bond acceptors (Lipinski definition) is 5. The summed E-state index contributed by atoms with van der Waals surface area (Å²) in [6.45, 7) is 3.39. The number of aryl methyl sites for hydroxylation is 1. The number of benzene rings is 1. The highest BCUT2D eigenvalue weighted by molar-refractivity contribution is 7.90. The van der Waals surface area contributed by atoms with Crippen molar-refractivity contribution >= 4 is 27.1 Å². The number of rotatable bonds is 6. The molecule has 0 fully saturated rings. The molecule has 0 aliphatic rings. The summed E-state index contributed by atoms with van der Waals surface area (Å²) in [6.07, 6.45) is 1.99. The lowest BCUT2D eigenvalue weighted by atomic mass is 10.1. The van der Waals surface area contributed by atoms with E-state index in [1.807, 2.05) is 24.6 Å². The molecular formula is C16H22N4O2S2. The molecule has 0 spiro atoms. The third-order valence-electron chi connectivity index (χ3n) is 3.54. The fourth-order valence-corrected chi connectivity index (χ4v) is 3.46. The van der Waals surface area contributed by atoms with Gasteiger partial charge in [-0.2, -0.15) is 0 Å². The number of sulfone groups is 1. The Bertz CT molecular complexity index is 796. The molecule has 1 heterocycles. The van der Waals surface area contributed by atoms with Crippen LogP contribution in [0.2, 0.25) is 0 Å². The quantitative estimate of drug-likeness (QED) is 0.601. The van der Waals surface area contributed by atoms with Crippen LogP contribution in [0.4, 0.5) is 0 Å². The predicted molar refractivity (Wildman–Crippen MR) is 98.3 cm³/mol. The third kappa shape index (κ3) is 5.31. The number of nitrogens with one attached hydrogen (secondary N) is 2. The zero-order chi connectivity index (χ0) is 17.6. The SMILES string of the molecule is CN=C(NCCc1ccc(S(C)(=O)=O)cc1)NCc1scnc1C. The monoisotopic (exact) mass is 366 g/mol. The van der Waals surface area contributed by atoms with Gasteiger partial charge in [-0.05, 0) is 31.0 Å². The number of thiazole rings is 1. The Morgan fingerprint density at radius 2 is 1.96 bits per heavy atom. The van der Waals surface area contributed by atoms with E-state index >= 15 is 0 Å². The van der Waals surface area contributed by atoms with Gasteiger partial charge in [0.2, 0.25) is 0 Å². The Kier molecular flexibility index (Phi) is 6.33. The summed E-state index contributed by atoms with van der Waals surface area (Å²) >= 11 is 1.62. The first kappa shape index (κ1) is 18.4. The summed E-state index contributed by atoms with van der Waals surface area (Å²) in [4.78, 5) is 9.95. The first-order valence-corrected chi connectivity index (χ1v) is 10.3. The van der Waals surface area contributed by atoms with E-state index in [4.69, 9.17) is 0 Å². The summed E-state index contributed by atoms with van der Waals surface area (Å²) in [6, 6.07) is 6.97. The summed E-state index contributed by atoms with van der Waals surface area (Å²) in [5.41, 5.74) is 3.94. The van der Waals surface area contributed by atoms with Crippen LogP contribution in [-0.2, 0) is 22.8 Å². The Balaban J connectivity index is 1.80. The molecule has 24 heavy (non-hydrogen) atoms. The van der Waals surface area contributed by atoms with Crippen LogP contribution in [0.25, 0.3) is 0 Å². The Morgan fingerprint density at radius 1 is 1.25 bits per heavy atom. The maximum atomic E-state index is 11.4. The van der Waals surface area contributed by atoms with Gasteiger partial charge in [-0.25, -0.2) is 13.4 Å². The summed E-state index contributed by atoms with van der Waals surface area (Å²) < 4.78 is 22.9. The second kappa shape index (κ2) is 8.25. The lowest BCUT2D eigenvalue weighted by Gasteiger charge is -2.11. The first-order chi connectivity index (χ1) is 11.4. The van der Waals surface area contributed by atoms with E-state index in [0.717, 1.165) is 23.6 Å². The fraction of sp³-hybridized carbons (Fsp3) is 0.375. The standard InChI is InChI=1S/C16H22N4O2S2/c1-12-15(23-11-20-12)10-19-16(17-2)18-9-8-13-4-6-14(7-5-13)24(3,21)22/h4-7,11H,8-10H2,1-3H3,(H2,17,18,19). The molecule has 0 radical (unpaired) electrons. The van der Waals surface area contributed by atoms with E-state index in [9.17, 15) is 8.42 Å². The molecule has 0 bridgehead atoms. The lowest BCUT2D eigenvalue weighted by Crippen LogP contribution is -2.37. The molecular weight excluding hydrogens is 344 g/mol. The minimum absolute atomic E-state index is 0.344. The maximum absolute atomic E-state index is 11.4. The highest BCUT2D eigenvalue weighted by Crippen LogP contribution is 2.11. The van der Waals surface area contributed by atoms with Crippen molar-refractivity contribution in [1.29, 1.82) is 0 Å². The number of hydrogen-bond donors (Lipinski definition) is 2. The lowest BCUT2D eigenvalue weighted by molar-refractivity contribution is 0.602. The molecule has 130 valence electrons. The van der Waals surface area contributed by atoms with Crippen LogP contribution in [0.15, 0.2) is 39.7 Å². The predicted octanol–water partition coefficient (Wildman–Crippen LogP) is 1.76. The van der Waals surface area contributed by atoms with E-state index in [0.29, 0.717) is 18.0 Å². The van der Waals surface area contributed by atoms with Crippen molar-refractivity contribution in [1.82, 2.24) is 15.6 Å². The van der Waals surface area contributed by atoms with Crippen LogP contribution >= 0.6 is 11.3 Å². The van der Waals surface area contributed by atoms with Gasteiger partial charge in [0, 0.05) is 24.7 Å². The molecule has 1 aromatic carbocycles. The van der Waals surface area contributed by atoms with E-state index in [1.165, 1.54) is 11.1 Å². The van der Waals surface area contributed by atoms with E-state index < -0.39 is 9.84 Å². The topological polar surface area (TPSA) is 83.5 Å². The first-order valence-electron chi connectivity index (χ1n) is 7.52. The highest BCUT2D eigenvalue weighted by atomic mass is 32.2. The maximum Gasteiger partial charge on any atom is 0.191 e. The summed E-state index contributed by atoms with van der Waals surface area (Å²) in [5.74, 6) is 0.732. The van der Waals surface area contributed by atoms with Crippen LogP contribution < -0.4 is 10.6 Å². The van der Waals surface area contributed by atoms with Gasteiger partial charge in [0.1, 0.15) is 0 Å². The molecule has 2 N–H and O–H groups in total. The number of aliphatic imine (C=N–C) groups is 1. The second-order valence-electron chi connectivity index (χ2n) is 5.38. The molecule has 0 aliphatic carbocycles. The minimum atomic E-state index is -3.14. The van der Waals surface area contributed by atoms with Crippen LogP contribution in [0.5, 0.6) is 0 Å². The molecule has 6 nitrogen and oxygen atoms in total. The molecule has 2 aromatic rings. The van der Waals surface area contributed by atoms with Gasteiger partial charge >= 0.3 is 0 Å². The van der Waals surface area contributed by atoms with Crippen molar-refractivity contribution in [3.05, 3.63) is 45.9 Å². The minimum Gasteiger partial charge on any atom is -0.356 e. The number of guanidine groups is 1. The summed E-state index contributed by atoms with van der Waals surface area (Å²) in [5, 5.41) is 6.51. The van der Waals surface area contributed by atoms with Crippen LogP contribution in [0.3, 0.4) is 0 Å². The van der Waals surface area contributed by atoms with Crippen molar-refractivity contribution in [3.8, 4) is 0 Å². The van der Waals surface area contributed by atoms with Gasteiger partial charge in [-0.3, -0.25) is 4.99 Å². The van der Waals surface area contributed by atoms with Gasteiger partial charge in [-0.15, -0.1) is 11.3 Å². The van der Waals surface area contributed by atoms with Gasteiger partial charge in [-0.1, -0.05) is 12.1 Å². The summed E-state index contributed by atoms with van der Waals surface area (Å²) in [7, 11) is -1.41.